The predicted octanol–water partition coefficient (Wildman–Crippen LogP) is 3.34. The Morgan fingerprint density at radius 2 is 2.00 bits per heavy atom. The minimum Gasteiger partial charge on any atom is -0.311 e. The van der Waals surface area contributed by atoms with E-state index in [9.17, 15) is 0 Å². The Kier molecular flexibility index (Phi) is 3.48. The van der Waals surface area contributed by atoms with E-state index in [1.165, 1.54) is 44.9 Å². The second kappa shape index (κ2) is 4.65. The van der Waals surface area contributed by atoms with Crippen LogP contribution in [0, 0.1) is 11.8 Å². The van der Waals surface area contributed by atoms with Gasteiger partial charge in [0.15, 0.2) is 0 Å². The third-order valence-electron chi connectivity index (χ3n) is 4.36. The zero-order chi connectivity index (χ0) is 9.97. The summed E-state index contributed by atoms with van der Waals surface area (Å²) in [6, 6.07) is 1.70. The summed E-state index contributed by atoms with van der Waals surface area (Å²) in [6.07, 6.45) is 10.0. The van der Waals surface area contributed by atoms with Crippen molar-refractivity contribution in [2.45, 2.75) is 70.9 Å². The summed E-state index contributed by atoms with van der Waals surface area (Å²) in [5.74, 6) is 1.97. The monoisotopic (exact) mass is 195 g/mol. The van der Waals surface area contributed by atoms with E-state index < -0.39 is 0 Å². The molecule has 1 nitrogen and oxygen atoms in total. The molecule has 0 amide bonds. The second-order valence-electron chi connectivity index (χ2n) is 5.41. The van der Waals surface area contributed by atoms with Crippen LogP contribution in [0.15, 0.2) is 0 Å². The highest BCUT2D eigenvalue weighted by Gasteiger charge is 2.34. The van der Waals surface area contributed by atoms with Crippen molar-refractivity contribution in [2.24, 2.45) is 11.8 Å². The molecule has 0 aromatic heterocycles. The van der Waals surface area contributed by atoms with Crippen molar-refractivity contribution in [1.29, 1.82) is 0 Å². The van der Waals surface area contributed by atoms with Gasteiger partial charge in [0.1, 0.15) is 0 Å². The Hall–Kier alpha value is -0.0400. The van der Waals surface area contributed by atoms with Crippen LogP contribution >= 0.6 is 0 Å². The normalized spacial score (nSPS) is 43.3. The molecular weight excluding hydrogens is 170 g/mol. The Labute approximate surface area is 88.7 Å². The van der Waals surface area contributed by atoms with Crippen molar-refractivity contribution in [1.82, 2.24) is 5.32 Å². The molecule has 0 radical (unpaired) electrons. The van der Waals surface area contributed by atoms with Crippen LogP contribution in [0.3, 0.4) is 0 Å². The molecule has 2 aliphatic rings. The van der Waals surface area contributed by atoms with Gasteiger partial charge < -0.3 is 5.32 Å². The molecular formula is C13H25N. The van der Waals surface area contributed by atoms with E-state index in [4.69, 9.17) is 0 Å². The van der Waals surface area contributed by atoms with E-state index in [-0.39, 0.29) is 0 Å². The number of rotatable bonds is 2. The fourth-order valence-electron chi connectivity index (χ4n) is 3.53. The fraction of sp³-hybridized carbons (Fsp3) is 1.00. The van der Waals surface area contributed by atoms with Crippen LogP contribution in [0.4, 0.5) is 0 Å². The van der Waals surface area contributed by atoms with Crippen LogP contribution < -0.4 is 5.32 Å². The van der Waals surface area contributed by atoms with Gasteiger partial charge in [-0.15, -0.1) is 0 Å². The first-order valence-electron chi connectivity index (χ1n) is 6.57. The number of piperidine rings is 1. The first-order chi connectivity index (χ1) is 6.81. The zero-order valence-corrected chi connectivity index (χ0v) is 9.76. The first-order valence-corrected chi connectivity index (χ1v) is 6.57. The zero-order valence-electron chi connectivity index (χ0n) is 9.76. The summed E-state index contributed by atoms with van der Waals surface area (Å²) in [6.45, 7) is 4.76. The molecule has 2 unspecified atom stereocenters. The Balaban J connectivity index is 1.89. The molecule has 1 heteroatoms. The molecule has 0 aromatic carbocycles. The SMILES string of the molecule is CCCC1CC[C@H]2C(CCC[C@@H]2C)N1. The van der Waals surface area contributed by atoms with Gasteiger partial charge >= 0.3 is 0 Å². The predicted molar refractivity (Wildman–Crippen MR) is 61.4 cm³/mol. The summed E-state index contributed by atoms with van der Waals surface area (Å²) in [5.41, 5.74) is 0. The van der Waals surface area contributed by atoms with Crippen molar-refractivity contribution >= 4 is 0 Å². The maximum Gasteiger partial charge on any atom is 0.0100 e. The topological polar surface area (TPSA) is 12.0 Å². The Bertz CT molecular complexity index is 178. The van der Waals surface area contributed by atoms with Gasteiger partial charge in [-0.2, -0.15) is 0 Å². The van der Waals surface area contributed by atoms with Gasteiger partial charge in [-0.05, 0) is 37.5 Å². The largest absolute Gasteiger partial charge is 0.311 e. The average molecular weight is 195 g/mol. The van der Waals surface area contributed by atoms with Gasteiger partial charge in [-0.25, -0.2) is 0 Å². The Morgan fingerprint density at radius 3 is 2.79 bits per heavy atom. The van der Waals surface area contributed by atoms with Crippen LogP contribution in [0.5, 0.6) is 0 Å². The Morgan fingerprint density at radius 1 is 1.14 bits per heavy atom. The number of fused-ring (bicyclic) bond motifs is 1. The lowest BCUT2D eigenvalue weighted by Crippen LogP contribution is -2.50. The maximum absolute atomic E-state index is 3.89. The average Bonchev–Trinajstić information content (AvgIpc) is 2.18. The minimum atomic E-state index is 0.839. The highest BCUT2D eigenvalue weighted by Crippen LogP contribution is 2.36. The van der Waals surface area contributed by atoms with Crippen LogP contribution in [-0.2, 0) is 0 Å². The molecule has 1 heterocycles. The van der Waals surface area contributed by atoms with E-state index in [2.05, 4.69) is 19.2 Å². The van der Waals surface area contributed by atoms with Crippen molar-refractivity contribution in [2.75, 3.05) is 0 Å². The van der Waals surface area contributed by atoms with Gasteiger partial charge in [0.05, 0.1) is 0 Å². The summed E-state index contributed by atoms with van der Waals surface area (Å²) in [4.78, 5) is 0. The van der Waals surface area contributed by atoms with Gasteiger partial charge in [-0.3, -0.25) is 0 Å². The summed E-state index contributed by atoms with van der Waals surface area (Å²) >= 11 is 0. The number of hydrogen-bond acceptors (Lipinski definition) is 1. The van der Waals surface area contributed by atoms with Crippen LogP contribution in [-0.4, -0.2) is 12.1 Å². The quantitative estimate of drug-likeness (QED) is 0.712. The van der Waals surface area contributed by atoms with E-state index in [1.54, 1.807) is 0 Å². The first kappa shape index (κ1) is 10.5. The summed E-state index contributed by atoms with van der Waals surface area (Å²) in [7, 11) is 0. The molecule has 0 aromatic rings. The third-order valence-corrected chi connectivity index (χ3v) is 4.36. The summed E-state index contributed by atoms with van der Waals surface area (Å²) < 4.78 is 0. The third kappa shape index (κ3) is 2.13. The van der Waals surface area contributed by atoms with Crippen LogP contribution in [0.1, 0.15) is 58.8 Å². The lowest BCUT2D eigenvalue weighted by Gasteiger charge is -2.44. The van der Waals surface area contributed by atoms with Crippen molar-refractivity contribution < 1.29 is 0 Å². The van der Waals surface area contributed by atoms with E-state index in [1.807, 2.05) is 0 Å². The number of nitrogens with one attached hydrogen (secondary N) is 1. The molecule has 0 spiro atoms. The minimum absolute atomic E-state index is 0.839. The van der Waals surface area contributed by atoms with Gasteiger partial charge in [-0.1, -0.05) is 33.1 Å². The maximum atomic E-state index is 3.89. The standard InChI is InChI=1S/C13H25N/c1-3-5-11-8-9-12-10(2)6-4-7-13(12)14-11/h10-14H,3-9H2,1-2H3/t10-,11?,12+,13?/m0/s1. The lowest BCUT2D eigenvalue weighted by atomic mass is 9.71. The fourth-order valence-corrected chi connectivity index (χ4v) is 3.53. The van der Waals surface area contributed by atoms with Gasteiger partial charge in [0.25, 0.3) is 0 Å². The van der Waals surface area contributed by atoms with E-state index in [0.717, 1.165) is 23.9 Å². The van der Waals surface area contributed by atoms with Crippen LogP contribution in [0.25, 0.3) is 0 Å². The molecule has 0 bridgehead atoms. The van der Waals surface area contributed by atoms with Crippen molar-refractivity contribution in [3.8, 4) is 0 Å². The lowest BCUT2D eigenvalue weighted by molar-refractivity contribution is 0.122. The van der Waals surface area contributed by atoms with Crippen molar-refractivity contribution in [3.63, 3.8) is 0 Å². The molecule has 1 saturated heterocycles. The second-order valence-corrected chi connectivity index (χ2v) is 5.41. The molecule has 1 aliphatic heterocycles. The van der Waals surface area contributed by atoms with Gasteiger partial charge in [0.2, 0.25) is 0 Å². The van der Waals surface area contributed by atoms with E-state index in [0.29, 0.717) is 0 Å². The molecule has 1 saturated carbocycles. The molecule has 2 fully saturated rings. The highest BCUT2D eigenvalue weighted by molar-refractivity contribution is 4.91. The van der Waals surface area contributed by atoms with Crippen LogP contribution in [0.2, 0.25) is 0 Å². The van der Waals surface area contributed by atoms with Gasteiger partial charge in [0, 0.05) is 12.1 Å². The molecule has 1 aliphatic carbocycles. The highest BCUT2D eigenvalue weighted by atomic mass is 15.0. The van der Waals surface area contributed by atoms with E-state index >= 15 is 0 Å². The number of hydrogen-bond donors (Lipinski definition) is 1. The molecule has 2 rings (SSSR count). The summed E-state index contributed by atoms with van der Waals surface area (Å²) in [5, 5.41) is 3.89. The molecule has 14 heavy (non-hydrogen) atoms. The molecule has 4 atom stereocenters. The smallest absolute Gasteiger partial charge is 0.0100 e. The molecule has 1 N–H and O–H groups in total. The van der Waals surface area contributed by atoms with Crippen molar-refractivity contribution in [3.05, 3.63) is 0 Å². The molecule has 82 valence electrons.